The van der Waals surface area contributed by atoms with Crippen molar-refractivity contribution < 1.29 is 19.1 Å². The lowest BCUT2D eigenvalue weighted by Gasteiger charge is -2.32. The zero-order valence-electron chi connectivity index (χ0n) is 17.0. The van der Waals surface area contributed by atoms with Crippen molar-refractivity contribution in [2.75, 3.05) is 7.05 Å². The van der Waals surface area contributed by atoms with Gasteiger partial charge in [0, 0.05) is 19.9 Å². The van der Waals surface area contributed by atoms with Gasteiger partial charge in [0.15, 0.2) is 6.10 Å². The molecule has 1 aliphatic heterocycles. The third-order valence-corrected chi connectivity index (χ3v) is 7.99. The van der Waals surface area contributed by atoms with Gasteiger partial charge in [-0.05, 0) is 23.6 Å². The van der Waals surface area contributed by atoms with Gasteiger partial charge in [0.25, 0.3) is 11.8 Å². The number of carbonyl (C=O) groups excluding carboxylic acids is 3. The highest BCUT2D eigenvalue weighted by Gasteiger charge is 2.41. The number of hydrogen-bond donors (Lipinski definition) is 2. The minimum absolute atomic E-state index is 0.238. The summed E-state index contributed by atoms with van der Waals surface area (Å²) >= 11 is 13.6. The maximum absolute atomic E-state index is 13.1. The average molecular weight is 492 g/mol. The van der Waals surface area contributed by atoms with E-state index in [-0.39, 0.29) is 36.3 Å². The van der Waals surface area contributed by atoms with Gasteiger partial charge >= 0.3 is 5.97 Å². The monoisotopic (exact) mass is 491 g/mol. The summed E-state index contributed by atoms with van der Waals surface area (Å²) in [5.74, 6) is -0.922. The first-order valence-electron chi connectivity index (χ1n) is 10.1. The van der Waals surface area contributed by atoms with E-state index in [4.69, 9.17) is 27.9 Å². The molecule has 1 saturated heterocycles. The first-order valence-corrected chi connectivity index (χ1v) is 11.7. The number of rotatable bonds is 4. The summed E-state index contributed by atoms with van der Waals surface area (Å²) in [6.07, 6.45) is 0.410. The molecule has 5 rings (SSSR count). The molecule has 10 heteroatoms. The number of aromatic nitrogens is 1. The predicted octanol–water partition coefficient (Wildman–Crippen LogP) is 4.10. The minimum Gasteiger partial charge on any atom is -0.452 e. The van der Waals surface area contributed by atoms with Crippen LogP contribution < -0.4 is 5.32 Å². The molecule has 2 aromatic heterocycles. The number of cyclic esters (lactones) is 1. The molecule has 0 unspecified atom stereocenters. The highest BCUT2D eigenvalue weighted by atomic mass is 35.5. The molecule has 3 atom stereocenters. The van der Waals surface area contributed by atoms with Crippen LogP contribution in [-0.2, 0) is 20.7 Å². The molecule has 166 valence electrons. The van der Waals surface area contributed by atoms with Crippen LogP contribution in [0.25, 0.3) is 10.2 Å². The number of fused-ring (bicyclic) bond motifs is 2. The quantitative estimate of drug-likeness (QED) is 0.537. The number of amides is 2. The van der Waals surface area contributed by atoms with E-state index in [9.17, 15) is 14.4 Å². The van der Waals surface area contributed by atoms with E-state index in [0.717, 1.165) is 15.8 Å². The second-order valence-electron chi connectivity index (χ2n) is 8.01. The van der Waals surface area contributed by atoms with E-state index in [0.29, 0.717) is 33.4 Å². The van der Waals surface area contributed by atoms with Gasteiger partial charge in [-0.1, -0.05) is 47.5 Å². The van der Waals surface area contributed by atoms with Gasteiger partial charge in [-0.25, -0.2) is 0 Å². The number of aromatic amines is 1. The highest BCUT2D eigenvalue weighted by Crippen LogP contribution is 2.39. The Labute approximate surface area is 197 Å². The van der Waals surface area contributed by atoms with Crippen molar-refractivity contribution in [3.8, 4) is 0 Å². The zero-order chi connectivity index (χ0) is 22.6. The zero-order valence-corrected chi connectivity index (χ0v) is 19.3. The maximum Gasteiger partial charge on any atom is 0.306 e. The normalized spacial score (nSPS) is 22.1. The smallest absolute Gasteiger partial charge is 0.306 e. The lowest BCUT2D eigenvalue weighted by Crippen LogP contribution is -2.47. The molecule has 0 saturated carbocycles. The fraction of sp³-hybridized carbons (Fsp3) is 0.318. The maximum atomic E-state index is 13.1. The van der Waals surface area contributed by atoms with Crippen molar-refractivity contribution >= 4 is 62.5 Å². The van der Waals surface area contributed by atoms with E-state index >= 15 is 0 Å². The van der Waals surface area contributed by atoms with Crippen LogP contribution in [0.5, 0.6) is 0 Å². The first-order chi connectivity index (χ1) is 15.3. The summed E-state index contributed by atoms with van der Waals surface area (Å²) in [5, 5.41) is 3.47. The molecule has 2 amide bonds. The molecule has 0 radical (unpaired) electrons. The minimum atomic E-state index is -0.779. The number of carbonyl (C=O) groups is 3. The summed E-state index contributed by atoms with van der Waals surface area (Å²) in [5.41, 5.74) is 3.04. The number of ether oxygens (including phenoxy) is 1. The molecule has 32 heavy (non-hydrogen) atoms. The predicted molar refractivity (Wildman–Crippen MR) is 122 cm³/mol. The van der Waals surface area contributed by atoms with Crippen molar-refractivity contribution in [3.05, 3.63) is 56.5 Å². The van der Waals surface area contributed by atoms with Crippen molar-refractivity contribution in [1.82, 2.24) is 15.2 Å². The van der Waals surface area contributed by atoms with Crippen molar-refractivity contribution in [3.63, 3.8) is 0 Å². The largest absolute Gasteiger partial charge is 0.452 e. The van der Waals surface area contributed by atoms with Crippen LogP contribution in [0.2, 0.25) is 9.36 Å². The summed E-state index contributed by atoms with van der Waals surface area (Å²) in [4.78, 5) is 42.2. The number of likely N-dealkylation sites (N-methyl/N-ethyl adjacent to an activating group) is 1. The van der Waals surface area contributed by atoms with Gasteiger partial charge in [-0.15, -0.1) is 11.3 Å². The Morgan fingerprint density at radius 1 is 1.28 bits per heavy atom. The molecule has 1 fully saturated rings. The van der Waals surface area contributed by atoms with Crippen LogP contribution in [0.15, 0.2) is 30.3 Å². The van der Waals surface area contributed by atoms with Gasteiger partial charge in [0.2, 0.25) is 0 Å². The van der Waals surface area contributed by atoms with E-state index < -0.39 is 6.10 Å². The van der Waals surface area contributed by atoms with Crippen LogP contribution in [0, 0.1) is 0 Å². The molecule has 1 aromatic carbocycles. The van der Waals surface area contributed by atoms with Crippen molar-refractivity contribution in [2.45, 2.75) is 37.5 Å². The fourth-order valence-corrected chi connectivity index (χ4v) is 6.01. The number of nitrogens with zero attached hydrogens (tertiary/aromatic N) is 1. The molecule has 0 bridgehead atoms. The summed E-state index contributed by atoms with van der Waals surface area (Å²) in [6.45, 7) is 0. The molecule has 3 heterocycles. The van der Waals surface area contributed by atoms with E-state index in [1.807, 2.05) is 24.3 Å². The Balaban J connectivity index is 1.40. The van der Waals surface area contributed by atoms with Gasteiger partial charge in [-0.2, -0.15) is 0 Å². The Kier molecular flexibility index (Phi) is 5.39. The Morgan fingerprint density at radius 3 is 2.78 bits per heavy atom. The van der Waals surface area contributed by atoms with Crippen LogP contribution in [-0.4, -0.2) is 46.9 Å². The first kappa shape index (κ1) is 21.3. The number of esters is 1. The molecule has 2 N–H and O–H groups in total. The van der Waals surface area contributed by atoms with Crippen molar-refractivity contribution in [1.29, 1.82) is 0 Å². The number of H-pyrrole nitrogens is 1. The summed E-state index contributed by atoms with van der Waals surface area (Å²) in [7, 11) is 1.69. The molecular formula is C22H19Cl2N3O4S. The third-order valence-electron chi connectivity index (χ3n) is 6.05. The van der Waals surface area contributed by atoms with Gasteiger partial charge in [0.1, 0.15) is 10.0 Å². The fourth-order valence-electron chi connectivity index (χ4n) is 4.53. The van der Waals surface area contributed by atoms with Gasteiger partial charge in [0.05, 0.1) is 27.3 Å². The van der Waals surface area contributed by atoms with Gasteiger partial charge in [-0.3, -0.25) is 14.4 Å². The standard InChI is InChI=1S/C22H19Cl2N3O4S/c1-27(22(30)14-6-7-16(28)31-14)19-11-5-3-2-4-10(11)8-12(19)26-21(29)13-9-15-18(25-13)17(23)20(24)32-15/h2-5,9,12,14,19,25H,6-8H2,1H3,(H,26,29)/t12-,14+,19-/m1/s1. The molecule has 7 nitrogen and oxygen atoms in total. The third kappa shape index (κ3) is 3.56. The summed E-state index contributed by atoms with van der Waals surface area (Å²) < 4.78 is 6.45. The molecule has 1 aliphatic carbocycles. The lowest BCUT2D eigenvalue weighted by molar-refractivity contribution is -0.153. The van der Waals surface area contributed by atoms with Crippen LogP contribution in [0.3, 0.4) is 0 Å². The SMILES string of the molecule is CN(C(=O)[C@@H]1CCC(=O)O1)[C@@H]1c2ccccc2C[C@H]1NC(=O)c1cc2sc(Cl)c(Cl)c2[nH]1. The number of nitrogens with one attached hydrogen (secondary N) is 2. The Morgan fingerprint density at radius 2 is 2.06 bits per heavy atom. The second-order valence-corrected chi connectivity index (χ2v) is 10.0. The summed E-state index contributed by atoms with van der Waals surface area (Å²) in [6, 6.07) is 8.80. The second kappa shape index (κ2) is 8.10. The van der Waals surface area contributed by atoms with E-state index in [1.54, 1.807) is 18.0 Å². The topological polar surface area (TPSA) is 91.5 Å². The Bertz CT molecular complexity index is 1250. The molecule has 0 spiro atoms. The molecule has 2 aliphatic rings. The average Bonchev–Trinajstić information content (AvgIpc) is 3.52. The molecular weight excluding hydrogens is 473 g/mol. The lowest BCUT2D eigenvalue weighted by atomic mass is 10.0. The van der Waals surface area contributed by atoms with E-state index in [2.05, 4.69) is 10.3 Å². The molecule has 3 aromatic rings. The number of benzene rings is 1. The van der Waals surface area contributed by atoms with Crippen molar-refractivity contribution in [2.24, 2.45) is 0 Å². The highest BCUT2D eigenvalue weighted by molar-refractivity contribution is 7.23. The number of hydrogen-bond acceptors (Lipinski definition) is 5. The number of halogens is 2. The number of thiophene rings is 1. The Hall–Kier alpha value is -2.55. The van der Waals surface area contributed by atoms with Crippen LogP contribution >= 0.6 is 34.5 Å². The van der Waals surface area contributed by atoms with Crippen LogP contribution in [0.1, 0.15) is 40.5 Å². The van der Waals surface area contributed by atoms with Crippen LogP contribution in [0.4, 0.5) is 0 Å². The van der Waals surface area contributed by atoms with Gasteiger partial charge < -0.3 is 19.9 Å². The van der Waals surface area contributed by atoms with E-state index in [1.165, 1.54) is 11.3 Å².